The number of methoxy groups -OCH3 is 1. The van der Waals surface area contributed by atoms with Crippen LogP contribution in [0.25, 0.3) is 0 Å². The fourth-order valence-electron chi connectivity index (χ4n) is 1.85. The molecule has 3 N–H and O–H groups in total. The molecule has 5 nitrogen and oxygen atoms in total. The maximum Gasteiger partial charge on any atom is 0.244 e. The van der Waals surface area contributed by atoms with Crippen LogP contribution in [0.4, 0.5) is 4.39 Å². The molecule has 1 saturated carbocycles. The molecule has 1 aromatic carbocycles. The summed E-state index contributed by atoms with van der Waals surface area (Å²) in [6.07, 6.45) is 2.05. The molecule has 0 radical (unpaired) electrons. The number of ether oxygens (including phenoxy) is 1. The van der Waals surface area contributed by atoms with Gasteiger partial charge in [-0.2, -0.15) is 0 Å². The van der Waals surface area contributed by atoms with Gasteiger partial charge in [-0.05, 0) is 46.8 Å². The first-order valence-corrected chi connectivity index (χ1v) is 8.41. The van der Waals surface area contributed by atoms with Gasteiger partial charge in [0.1, 0.15) is 16.5 Å². The third kappa shape index (κ3) is 4.53. The first-order valence-electron chi connectivity index (χ1n) is 6.13. The summed E-state index contributed by atoms with van der Waals surface area (Å²) in [6.45, 7) is 0.133. The van der Waals surface area contributed by atoms with Crippen molar-refractivity contribution in [3.63, 3.8) is 0 Å². The van der Waals surface area contributed by atoms with Crippen molar-refractivity contribution in [3.05, 3.63) is 22.4 Å². The van der Waals surface area contributed by atoms with E-state index in [1.807, 2.05) is 0 Å². The second-order valence-corrected chi connectivity index (χ2v) is 7.36. The lowest BCUT2D eigenvalue weighted by Gasteiger charge is -2.14. The van der Waals surface area contributed by atoms with Crippen molar-refractivity contribution in [2.45, 2.75) is 23.8 Å². The van der Waals surface area contributed by atoms with Gasteiger partial charge in [-0.1, -0.05) is 0 Å². The Morgan fingerprint density at radius 3 is 2.67 bits per heavy atom. The summed E-state index contributed by atoms with van der Waals surface area (Å²) < 4.78 is 45.5. The lowest BCUT2D eigenvalue weighted by molar-refractivity contribution is 0.399. The van der Waals surface area contributed by atoms with Crippen molar-refractivity contribution < 1.29 is 17.5 Å². The summed E-state index contributed by atoms with van der Waals surface area (Å²) >= 11 is 2.99. The van der Waals surface area contributed by atoms with Gasteiger partial charge in [-0.15, -0.1) is 12.4 Å². The number of hydrogen-bond acceptors (Lipinski definition) is 4. The quantitative estimate of drug-likeness (QED) is 0.761. The molecule has 0 amide bonds. The third-order valence-corrected chi connectivity index (χ3v) is 5.29. The fraction of sp³-hybridized carbons (Fsp3) is 0.500. The lowest BCUT2D eigenvalue weighted by atomic mass is 10.2. The zero-order valence-electron chi connectivity index (χ0n) is 11.3. The number of nitrogens with one attached hydrogen (secondary N) is 1. The minimum atomic E-state index is -3.86. The Balaban J connectivity index is 0.00000220. The molecule has 1 fully saturated rings. The Kier molecular flexibility index (Phi) is 6.42. The number of sulfonamides is 1. The van der Waals surface area contributed by atoms with Gasteiger partial charge in [-0.25, -0.2) is 17.5 Å². The topological polar surface area (TPSA) is 81.4 Å². The zero-order chi connectivity index (χ0) is 14.9. The van der Waals surface area contributed by atoms with Gasteiger partial charge < -0.3 is 10.5 Å². The van der Waals surface area contributed by atoms with Crippen LogP contribution in [0.3, 0.4) is 0 Å². The van der Waals surface area contributed by atoms with Gasteiger partial charge in [0, 0.05) is 12.6 Å². The molecule has 0 heterocycles. The molecule has 1 unspecified atom stereocenters. The van der Waals surface area contributed by atoms with Gasteiger partial charge in [0.2, 0.25) is 10.0 Å². The minimum absolute atomic E-state index is 0. The first kappa shape index (κ1) is 18.6. The van der Waals surface area contributed by atoms with Crippen LogP contribution in [0.5, 0.6) is 5.75 Å². The average Bonchev–Trinajstić information content (AvgIpc) is 3.23. The maximum absolute atomic E-state index is 13.5. The maximum atomic E-state index is 13.5. The molecule has 1 atom stereocenters. The molecule has 0 aromatic heterocycles. The van der Waals surface area contributed by atoms with Gasteiger partial charge in [-0.3, -0.25) is 0 Å². The highest BCUT2D eigenvalue weighted by Crippen LogP contribution is 2.32. The summed E-state index contributed by atoms with van der Waals surface area (Å²) in [5.41, 5.74) is 5.85. The van der Waals surface area contributed by atoms with E-state index in [1.165, 1.54) is 13.2 Å². The van der Waals surface area contributed by atoms with E-state index in [4.69, 9.17) is 10.5 Å². The third-order valence-electron chi connectivity index (χ3n) is 3.23. The molecule has 0 bridgehead atoms. The molecule has 0 spiro atoms. The van der Waals surface area contributed by atoms with Crippen LogP contribution in [-0.2, 0) is 10.0 Å². The van der Waals surface area contributed by atoms with Crippen molar-refractivity contribution in [3.8, 4) is 5.75 Å². The molecule has 21 heavy (non-hydrogen) atoms. The summed E-state index contributed by atoms with van der Waals surface area (Å²) in [7, 11) is -2.53. The van der Waals surface area contributed by atoms with E-state index < -0.39 is 15.8 Å². The second-order valence-electron chi connectivity index (χ2n) is 4.77. The van der Waals surface area contributed by atoms with E-state index in [1.54, 1.807) is 0 Å². The van der Waals surface area contributed by atoms with Gasteiger partial charge in [0.05, 0.1) is 11.6 Å². The van der Waals surface area contributed by atoms with Gasteiger partial charge in [0.25, 0.3) is 0 Å². The normalized spacial score (nSPS) is 16.2. The van der Waals surface area contributed by atoms with Crippen LogP contribution >= 0.6 is 28.3 Å². The molecule has 0 aliphatic heterocycles. The van der Waals surface area contributed by atoms with Crippen molar-refractivity contribution in [1.82, 2.24) is 4.72 Å². The van der Waals surface area contributed by atoms with Gasteiger partial charge >= 0.3 is 0 Å². The van der Waals surface area contributed by atoms with E-state index in [0.29, 0.717) is 5.92 Å². The van der Waals surface area contributed by atoms with Crippen LogP contribution in [0, 0.1) is 11.7 Å². The van der Waals surface area contributed by atoms with Crippen LogP contribution < -0.4 is 15.2 Å². The number of nitrogens with two attached hydrogens (primary N) is 1. The first-order chi connectivity index (χ1) is 9.35. The predicted molar refractivity (Wildman–Crippen MR) is 83.8 cm³/mol. The monoisotopic (exact) mass is 402 g/mol. The van der Waals surface area contributed by atoms with Crippen molar-refractivity contribution >= 4 is 38.4 Å². The highest BCUT2D eigenvalue weighted by atomic mass is 79.9. The van der Waals surface area contributed by atoms with Crippen molar-refractivity contribution in [1.29, 1.82) is 0 Å². The van der Waals surface area contributed by atoms with Crippen molar-refractivity contribution in [2.24, 2.45) is 11.7 Å². The molecule has 2 rings (SSSR count). The van der Waals surface area contributed by atoms with E-state index >= 15 is 0 Å². The predicted octanol–water partition coefficient (Wildman–Crippen LogP) is 2.03. The number of benzene rings is 1. The Hall–Kier alpha value is -0.410. The number of rotatable bonds is 6. The summed E-state index contributed by atoms with van der Waals surface area (Å²) in [5.74, 6) is -0.218. The number of halogens is 3. The van der Waals surface area contributed by atoms with Crippen molar-refractivity contribution in [2.75, 3.05) is 13.7 Å². The standard InChI is InChI=1S/C12H16BrFN2O3S.ClH/c1-19-11-4-8(13)9(14)5-12(11)20(17,18)16-6-10(15)7-2-3-7;/h4-5,7,10,16H,2-3,6,15H2,1H3;1H. The Morgan fingerprint density at radius 2 is 2.14 bits per heavy atom. The molecule has 0 saturated heterocycles. The van der Waals surface area contributed by atoms with E-state index in [-0.39, 0.29) is 40.1 Å². The molecule has 9 heteroatoms. The zero-order valence-corrected chi connectivity index (χ0v) is 14.5. The smallest absolute Gasteiger partial charge is 0.244 e. The molecular formula is C12H17BrClFN2O3S. The SMILES string of the molecule is COc1cc(Br)c(F)cc1S(=O)(=O)NCC(N)C1CC1.Cl. The highest BCUT2D eigenvalue weighted by Gasteiger charge is 2.30. The van der Waals surface area contributed by atoms with Crippen LogP contribution in [-0.4, -0.2) is 28.1 Å². The Labute approximate surface area is 138 Å². The molecule has 120 valence electrons. The van der Waals surface area contributed by atoms with E-state index in [0.717, 1.165) is 18.9 Å². The lowest BCUT2D eigenvalue weighted by Crippen LogP contribution is -2.38. The Morgan fingerprint density at radius 1 is 1.52 bits per heavy atom. The highest BCUT2D eigenvalue weighted by molar-refractivity contribution is 9.10. The van der Waals surface area contributed by atoms with Gasteiger partial charge in [0.15, 0.2) is 0 Å². The largest absolute Gasteiger partial charge is 0.495 e. The number of hydrogen-bond donors (Lipinski definition) is 2. The van der Waals surface area contributed by atoms with E-state index in [9.17, 15) is 12.8 Å². The minimum Gasteiger partial charge on any atom is -0.495 e. The second kappa shape index (κ2) is 7.23. The average molecular weight is 404 g/mol. The molecular weight excluding hydrogens is 387 g/mol. The summed E-state index contributed by atoms with van der Waals surface area (Å²) in [4.78, 5) is -0.233. The summed E-state index contributed by atoms with van der Waals surface area (Å²) in [6, 6.07) is 1.99. The summed E-state index contributed by atoms with van der Waals surface area (Å²) in [5, 5.41) is 0. The fourth-order valence-corrected chi connectivity index (χ4v) is 3.41. The molecule has 1 aliphatic rings. The Bertz CT molecular complexity index is 611. The van der Waals surface area contributed by atoms with Crippen LogP contribution in [0.15, 0.2) is 21.5 Å². The molecule has 1 aliphatic carbocycles. The van der Waals surface area contributed by atoms with E-state index in [2.05, 4.69) is 20.7 Å². The van der Waals surface area contributed by atoms with Crippen LogP contribution in [0.2, 0.25) is 0 Å². The van der Waals surface area contributed by atoms with Crippen LogP contribution in [0.1, 0.15) is 12.8 Å². The molecule has 1 aromatic rings.